The van der Waals surface area contributed by atoms with Gasteiger partial charge in [-0.3, -0.25) is 0 Å². The van der Waals surface area contributed by atoms with Crippen molar-refractivity contribution >= 4 is 150 Å². The second-order valence-corrected chi connectivity index (χ2v) is 31.7. The van der Waals surface area contributed by atoms with Crippen molar-refractivity contribution in [3.8, 4) is 45.5 Å². The van der Waals surface area contributed by atoms with Gasteiger partial charge in [0.2, 0.25) is 0 Å². The van der Waals surface area contributed by atoms with Gasteiger partial charge in [0.05, 0.1) is 46.0 Å². The van der Waals surface area contributed by atoms with Gasteiger partial charge in [-0.2, -0.15) is 10.5 Å². The molecule has 0 aliphatic carbocycles. The third kappa shape index (κ3) is 17.0. The molecule has 0 amide bonds. The number of nitriles is 2. The van der Waals surface area contributed by atoms with Gasteiger partial charge < -0.3 is 29.4 Å². The molecule has 604 valence electrons. The molecule has 0 aliphatic rings. The molecule has 0 N–H and O–H groups in total. The summed E-state index contributed by atoms with van der Waals surface area (Å²) in [5, 5.41) is 33.0. The molecular weight excluding hydrogens is 1540 g/mol. The van der Waals surface area contributed by atoms with E-state index in [1.54, 1.807) is 0 Å². The fourth-order valence-corrected chi connectivity index (χ4v) is 17.2. The van der Waals surface area contributed by atoms with E-state index in [4.69, 9.17) is 5.26 Å². The van der Waals surface area contributed by atoms with E-state index >= 15 is 0 Å². The third-order valence-electron chi connectivity index (χ3n) is 24.0. The molecule has 0 radical (unpaired) electrons. The minimum absolute atomic E-state index is 0.655. The van der Waals surface area contributed by atoms with E-state index in [-0.39, 0.29) is 0 Å². The van der Waals surface area contributed by atoms with Crippen LogP contribution in [0, 0.1) is 22.7 Å². The lowest BCUT2D eigenvalue weighted by Crippen LogP contribution is -2.11. The van der Waals surface area contributed by atoms with Crippen molar-refractivity contribution in [1.29, 1.82) is 10.5 Å². The number of hydrogen-bond donors (Lipinski definition) is 0. The van der Waals surface area contributed by atoms with Gasteiger partial charge in [0.1, 0.15) is 0 Å². The molecule has 21 aromatic carbocycles. The fourth-order valence-electron chi connectivity index (χ4n) is 17.2. The molecule has 0 spiro atoms. The molecule has 0 fully saturated rings. The van der Waals surface area contributed by atoms with Gasteiger partial charge in [-0.25, -0.2) is 0 Å². The fraction of sp³-hybridized carbons (Fsp3) is 0.0252. The maximum atomic E-state index is 9.28. The Balaban J connectivity index is 0.000000124. The SMILES string of the molecule is CN(c1ccc(-c2ccc(N(c3cccc4ccccc34)c3cccc4ccccc34)cc2)cc1)c1cccc(C#N)c1.CN(c1ccc(C#N)cc1)c1ccc(-c2ccc(N(c3cccc4ccccc34)c3cccc4ccccc34)cc2)cc1.CN(c1ccccc1)c1ccc(-c2ccc(N(c3ccc4ccccc4c3)c3ccc4ccccc4c3)cc2)cc1. The maximum absolute atomic E-state index is 9.28. The Morgan fingerprint density at radius 3 is 0.724 bits per heavy atom. The van der Waals surface area contributed by atoms with Gasteiger partial charge in [0.25, 0.3) is 0 Å². The zero-order valence-electron chi connectivity index (χ0n) is 70.7. The molecule has 0 aromatic heterocycles. The van der Waals surface area contributed by atoms with Gasteiger partial charge in [-0.15, -0.1) is 0 Å². The summed E-state index contributed by atoms with van der Waals surface area (Å²) in [4.78, 5) is 13.5. The molecular formula is C119H88N8. The van der Waals surface area contributed by atoms with Crippen molar-refractivity contribution in [3.05, 3.63) is 490 Å². The van der Waals surface area contributed by atoms with Gasteiger partial charge in [0.15, 0.2) is 0 Å². The Labute approximate surface area is 742 Å². The van der Waals surface area contributed by atoms with Crippen molar-refractivity contribution in [3.63, 3.8) is 0 Å². The first kappa shape index (κ1) is 79.7. The number of fused-ring (bicyclic) bond motifs is 6. The van der Waals surface area contributed by atoms with Gasteiger partial charge in [0, 0.05) is 105 Å². The Kier molecular flexibility index (Phi) is 22.8. The highest BCUT2D eigenvalue weighted by atomic mass is 15.2. The molecule has 8 nitrogen and oxygen atoms in total. The van der Waals surface area contributed by atoms with Crippen molar-refractivity contribution in [2.45, 2.75) is 0 Å². The molecule has 0 saturated carbocycles. The molecule has 0 unspecified atom stereocenters. The zero-order chi connectivity index (χ0) is 85.9. The monoisotopic (exact) mass is 1630 g/mol. The summed E-state index contributed by atoms with van der Waals surface area (Å²) in [6.07, 6.45) is 0. The van der Waals surface area contributed by atoms with E-state index in [2.05, 4.69) is 473 Å². The van der Waals surface area contributed by atoms with Crippen LogP contribution in [0.5, 0.6) is 0 Å². The molecule has 0 atom stereocenters. The zero-order valence-corrected chi connectivity index (χ0v) is 70.7. The molecule has 21 aromatic rings. The second-order valence-electron chi connectivity index (χ2n) is 31.7. The van der Waals surface area contributed by atoms with Crippen molar-refractivity contribution in [2.24, 2.45) is 0 Å². The smallest absolute Gasteiger partial charge is 0.0992 e. The minimum atomic E-state index is 0.655. The van der Waals surface area contributed by atoms with Crippen LogP contribution in [0.3, 0.4) is 0 Å². The lowest BCUT2D eigenvalue weighted by molar-refractivity contribution is 1.21. The van der Waals surface area contributed by atoms with E-state index in [9.17, 15) is 5.26 Å². The number of nitrogens with zero attached hydrogens (tertiary/aromatic N) is 8. The lowest BCUT2D eigenvalue weighted by Gasteiger charge is -2.28. The summed E-state index contributed by atoms with van der Waals surface area (Å²) in [5.74, 6) is 0. The van der Waals surface area contributed by atoms with Crippen LogP contribution >= 0.6 is 0 Å². The number of anilines is 15. The van der Waals surface area contributed by atoms with E-state index in [1.807, 2.05) is 68.7 Å². The molecule has 21 rings (SSSR count). The van der Waals surface area contributed by atoms with E-state index in [0.29, 0.717) is 11.1 Å². The van der Waals surface area contributed by atoms with Crippen LogP contribution in [0.4, 0.5) is 85.3 Å². The first-order chi connectivity index (χ1) is 62.6. The van der Waals surface area contributed by atoms with Gasteiger partial charge in [-0.1, -0.05) is 303 Å². The average Bonchev–Trinajstić information content (AvgIpc) is 0.763. The molecule has 0 saturated heterocycles. The topological polar surface area (TPSA) is 67.0 Å². The van der Waals surface area contributed by atoms with Gasteiger partial charge in [-0.05, 0) is 252 Å². The minimum Gasteiger partial charge on any atom is -0.345 e. The summed E-state index contributed by atoms with van der Waals surface area (Å²) in [6, 6.07) is 174. The predicted octanol–water partition coefficient (Wildman–Crippen LogP) is 32.4. The van der Waals surface area contributed by atoms with Gasteiger partial charge >= 0.3 is 0 Å². The number of rotatable bonds is 18. The van der Waals surface area contributed by atoms with Crippen LogP contribution in [0.15, 0.2) is 479 Å². The second kappa shape index (κ2) is 36.3. The lowest BCUT2D eigenvalue weighted by atomic mass is 10.0. The quantitative estimate of drug-likeness (QED) is 0.0842. The molecule has 127 heavy (non-hydrogen) atoms. The molecule has 0 aliphatic heterocycles. The first-order valence-electron chi connectivity index (χ1n) is 42.8. The summed E-state index contributed by atoms with van der Waals surface area (Å²) in [7, 11) is 6.17. The van der Waals surface area contributed by atoms with Crippen LogP contribution in [0.2, 0.25) is 0 Å². The number of para-hydroxylation sites is 1. The molecule has 8 heteroatoms. The predicted molar refractivity (Wildman–Crippen MR) is 538 cm³/mol. The summed E-state index contributed by atoms with van der Waals surface area (Å²) < 4.78 is 0. The van der Waals surface area contributed by atoms with E-state index < -0.39 is 0 Å². The van der Waals surface area contributed by atoms with Crippen LogP contribution in [-0.4, -0.2) is 21.1 Å². The molecule has 0 bridgehead atoms. The number of benzene rings is 21. The largest absolute Gasteiger partial charge is 0.345 e. The third-order valence-corrected chi connectivity index (χ3v) is 24.0. The van der Waals surface area contributed by atoms with Crippen molar-refractivity contribution in [1.82, 2.24) is 0 Å². The van der Waals surface area contributed by atoms with Crippen molar-refractivity contribution in [2.75, 3.05) is 50.5 Å². The Bertz CT molecular complexity index is 7320. The molecule has 0 heterocycles. The van der Waals surface area contributed by atoms with Crippen LogP contribution in [-0.2, 0) is 0 Å². The standard InChI is InChI=1S/2C40H29N3.C39H30N2/c1-42(36-14-6-9-29(27-36)28-41)34-23-19-30(20-24-34)31-21-25-35(26-22-31)43(39-17-7-12-32-10-2-4-15-37(32)39)40-18-8-13-33-11-3-5-16-38(33)40;1-42(34-22-16-29(28-41)17-23-34)35-24-18-30(19-25-35)31-20-26-36(27-21-31)43(39-14-6-10-32-8-2-4-12-37(32)39)40-15-7-11-33-9-3-5-13-38(33)40;1-40(35-13-3-2-4-14-35)36-21-15-31(16-22-36)32-17-23-37(24-18-32)41(38-25-19-29-9-5-7-11-33(29)27-38)39-26-20-30-10-6-8-12-34(30)28-39/h2*2-27H,1H3;2-28H,1H3. The van der Waals surface area contributed by atoms with Crippen LogP contribution < -0.4 is 29.4 Å². The summed E-state index contributed by atoms with van der Waals surface area (Å²) >= 11 is 0. The summed E-state index contributed by atoms with van der Waals surface area (Å²) in [6.45, 7) is 0. The highest BCUT2D eigenvalue weighted by Crippen LogP contribution is 2.47. The maximum Gasteiger partial charge on any atom is 0.0992 e. The Morgan fingerprint density at radius 2 is 0.394 bits per heavy atom. The van der Waals surface area contributed by atoms with E-state index in [1.165, 1.54) is 81.4 Å². The Morgan fingerprint density at radius 1 is 0.157 bits per heavy atom. The Hall–Kier alpha value is -17.0. The average molecular weight is 1630 g/mol. The van der Waals surface area contributed by atoms with E-state index in [0.717, 1.165) is 102 Å². The van der Waals surface area contributed by atoms with Crippen LogP contribution in [0.25, 0.3) is 98.0 Å². The highest BCUT2D eigenvalue weighted by Gasteiger charge is 2.22. The first-order valence-corrected chi connectivity index (χ1v) is 42.8. The number of hydrogen-bond acceptors (Lipinski definition) is 8. The van der Waals surface area contributed by atoms with Crippen LogP contribution in [0.1, 0.15) is 11.1 Å². The normalized spacial score (nSPS) is 10.9. The highest BCUT2D eigenvalue weighted by molar-refractivity contribution is 6.07. The summed E-state index contributed by atoms with van der Waals surface area (Å²) in [5.41, 5.74) is 25.0. The van der Waals surface area contributed by atoms with Crippen molar-refractivity contribution < 1.29 is 0 Å².